The summed E-state index contributed by atoms with van der Waals surface area (Å²) < 4.78 is 5.01. The zero-order valence-corrected chi connectivity index (χ0v) is 13.2. The van der Waals surface area contributed by atoms with Gasteiger partial charge in [0.1, 0.15) is 0 Å². The second-order valence-electron chi connectivity index (χ2n) is 5.63. The smallest absolute Gasteiger partial charge is 0.421 e. The monoisotopic (exact) mass is 319 g/mol. The molecule has 1 fully saturated rings. The first kappa shape index (κ1) is 15.1. The molecule has 1 aliphatic heterocycles. The number of hydrogen-bond acceptors (Lipinski definition) is 3. The zero-order chi connectivity index (χ0) is 15.7. The quantitative estimate of drug-likeness (QED) is 0.758. The zero-order valence-electron chi connectivity index (χ0n) is 12.5. The first-order valence-corrected chi connectivity index (χ1v) is 8.02. The Morgan fingerprint density at radius 2 is 2.14 bits per heavy atom. The minimum absolute atomic E-state index is 0.222. The molecule has 22 heavy (non-hydrogen) atoms. The van der Waals surface area contributed by atoms with Crippen LogP contribution in [0, 0.1) is 5.92 Å². The van der Waals surface area contributed by atoms with Gasteiger partial charge in [-0.1, -0.05) is 36.6 Å². The van der Waals surface area contributed by atoms with Gasteiger partial charge in [0, 0.05) is 16.2 Å². The van der Waals surface area contributed by atoms with Gasteiger partial charge in [-0.2, -0.15) is 0 Å². The summed E-state index contributed by atoms with van der Waals surface area (Å²) in [4.78, 5) is 25.9. The molecule has 0 bridgehead atoms. The molecule has 2 amide bonds. The minimum Gasteiger partial charge on any atom is -0.449 e. The second kappa shape index (κ2) is 6.13. The number of hydrogen-bond donors (Lipinski definition) is 0. The van der Waals surface area contributed by atoms with Crippen LogP contribution < -0.4 is 4.90 Å². The lowest BCUT2D eigenvalue weighted by atomic mass is 10.00. The van der Waals surface area contributed by atoms with Crippen LogP contribution in [-0.2, 0) is 9.53 Å². The number of ether oxygens (including phenoxy) is 1. The van der Waals surface area contributed by atoms with Gasteiger partial charge >= 0.3 is 6.09 Å². The fourth-order valence-corrected chi connectivity index (χ4v) is 3.32. The van der Waals surface area contributed by atoms with Gasteiger partial charge in [-0.15, -0.1) is 0 Å². The summed E-state index contributed by atoms with van der Waals surface area (Å²) in [5.41, 5.74) is 1.86. The van der Waals surface area contributed by atoms with Crippen LogP contribution in [-0.4, -0.2) is 18.6 Å². The lowest BCUT2D eigenvalue weighted by molar-refractivity contribution is -0.112. The van der Waals surface area contributed by atoms with Crippen LogP contribution in [0.2, 0.25) is 5.02 Å². The number of carbonyl (C=O) groups excluding carboxylic acids is 2. The molecule has 1 saturated carbocycles. The Labute approximate surface area is 134 Å². The molecular weight excluding hydrogens is 302 g/mol. The van der Waals surface area contributed by atoms with Crippen LogP contribution in [0.4, 0.5) is 10.5 Å². The predicted octanol–water partition coefficient (Wildman–Crippen LogP) is 4.42. The highest BCUT2D eigenvalue weighted by molar-refractivity contribution is 6.40. The van der Waals surface area contributed by atoms with E-state index in [0.29, 0.717) is 22.2 Å². The van der Waals surface area contributed by atoms with Gasteiger partial charge in [0.25, 0.3) is 5.91 Å². The Morgan fingerprint density at radius 3 is 2.82 bits per heavy atom. The minimum atomic E-state index is -0.647. The van der Waals surface area contributed by atoms with E-state index in [1.54, 1.807) is 25.1 Å². The summed E-state index contributed by atoms with van der Waals surface area (Å²) in [6.45, 7) is 1.94. The predicted molar refractivity (Wildman–Crippen MR) is 85.9 cm³/mol. The third kappa shape index (κ3) is 2.63. The van der Waals surface area contributed by atoms with E-state index in [9.17, 15) is 9.59 Å². The van der Waals surface area contributed by atoms with E-state index in [1.807, 2.05) is 6.08 Å². The van der Waals surface area contributed by atoms with E-state index in [-0.39, 0.29) is 12.5 Å². The number of rotatable bonds is 2. The van der Waals surface area contributed by atoms with Crippen LogP contribution in [0.1, 0.15) is 38.2 Å². The third-order valence-electron chi connectivity index (χ3n) is 4.18. The van der Waals surface area contributed by atoms with E-state index in [2.05, 4.69) is 0 Å². The van der Waals surface area contributed by atoms with Gasteiger partial charge in [0.2, 0.25) is 0 Å². The SMILES string of the molecule is CCOC(=O)N1C(=O)/C(=C\C2CCCC2)c2ccc(Cl)cc21. The Hall–Kier alpha value is -1.81. The number of nitrogens with zero attached hydrogens (tertiary/aromatic N) is 1. The fourth-order valence-electron chi connectivity index (χ4n) is 3.15. The molecule has 1 aromatic carbocycles. The van der Waals surface area contributed by atoms with Crippen molar-refractivity contribution in [1.82, 2.24) is 0 Å². The number of fused-ring (bicyclic) bond motifs is 1. The van der Waals surface area contributed by atoms with Crippen LogP contribution >= 0.6 is 11.6 Å². The maximum absolute atomic E-state index is 12.7. The van der Waals surface area contributed by atoms with Crippen molar-refractivity contribution in [3.63, 3.8) is 0 Å². The van der Waals surface area contributed by atoms with Gasteiger partial charge in [-0.25, -0.2) is 9.69 Å². The Bertz CT molecular complexity index is 647. The van der Waals surface area contributed by atoms with Crippen LogP contribution in [0.15, 0.2) is 24.3 Å². The second-order valence-corrected chi connectivity index (χ2v) is 6.06. The number of carbonyl (C=O) groups is 2. The van der Waals surface area contributed by atoms with Gasteiger partial charge < -0.3 is 4.74 Å². The van der Waals surface area contributed by atoms with Crippen molar-refractivity contribution in [3.05, 3.63) is 34.9 Å². The summed E-state index contributed by atoms with van der Waals surface area (Å²) in [7, 11) is 0. The molecular formula is C17H18ClNO3. The molecule has 4 nitrogen and oxygen atoms in total. The molecule has 0 unspecified atom stereocenters. The van der Waals surface area contributed by atoms with Crippen molar-refractivity contribution >= 4 is 34.9 Å². The van der Waals surface area contributed by atoms with Crippen molar-refractivity contribution in [2.45, 2.75) is 32.6 Å². The highest BCUT2D eigenvalue weighted by atomic mass is 35.5. The average molecular weight is 320 g/mol. The molecule has 0 atom stereocenters. The number of benzene rings is 1. The molecule has 0 spiro atoms. The highest BCUT2D eigenvalue weighted by Gasteiger charge is 2.38. The fraction of sp³-hybridized carbons (Fsp3) is 0.412. The highest BCUT2D eigenvalue weighted by Crippen LogP contribution is 2.40. The molecule has 5 heteroatoms. The molecule has 116 valence electrons. The average Bonchev–Trinajstić information content (AvgIpc) is 3.07. The van der Waals surface area contributed by atoms with Gasteiger partial charge in [-0.05, 0) is 37.8 Å². The van der Waals surface area contributed by atoms with E-state index in [0.717, 1.165) is 23.3 Å². The summed E-state index contributed by atoms with van der Waals surface area (Å²) >= 11 is 6.03. The summed E-state index contributed by atoms with van der Waals surface area (Å²) in [6, 6.07) is 5.18. The Morgan fingerprint density at radius 1 is 1.41 bits per heavy atom. The van der Waals surface area contributed by atoms with E-state index in [1.165, 1.54) is 12.8 Å². The van der Waals surface area contributed by atoms with Gasteiger partial charge in [-0.3, -0.25) is 4.79 Å². The molecule has 0 N–H and O–H groups in total. The standard InChI is InChI=1S/C17H18ClNO3/c1-2-22-17(21)19-15-10-12(18)7-8-13(15)14(16(19)20)9-11-5-3-4-6-11/h7-11H,2-6H2,1H3/b14-9-. The Balaban J connectivity index is 2.03. The number of allylic oxidation sites excluding steroid dienone is 1. The molecule has 2 aliphatic rings. The number of anilines is 1. The molecule has 0 aromatic heterocycles. The first-order chi connectivity index (χ1) is 10.6. The third-order valence-corrected chi connectivity index (χ3v) is 4.41. The summed E-state index contributed by atoms with van der Waals surface area (Å²) in [5.74, 6) is 0.0900. The van der Waals surface area contributed by atoms with Crippen LogP contribution in [0.5, 0.6) is 0 Å². The maximum Gasteiger partial charge on any atom is 0.421 e. The summed E-state index contributed by atoms with van der Waals surface area (Å²) in [5, 5.41) is 0.489. The number of amides is 2. The van der Waals surface area contributed by atoms with Crippen LogP contribution in [0.25, 0.3) is 5.57 Å². The van der Waals surface area contributed by atoms with E-state index < -0.39 is 6.09 Å². The first-order valence-electron chi connectivity index (χ1n) is 7.64. The molecule has 0 saturated heterocycles. The van der Waals surface area contributed by atoms with Crippen molar-refractivity contribution in [1.29, 1.82) is 0 Å². The van der Waals surface area contributed by atoms with E-state index >= 15 is 0 Å². The maximum atomic E-state index is 12.7. The van der Waals surface area contributed by atoms with E-state index in [4.69, 9.17) is 16.3 Å². The van der Waals surface area contributed by atoms with Crippen molar-refractivity contribution < 1.29 is 14.3 Å². The lowest BCUT2D eigenvalue weighted by Crippen LogP contribution is -2.34. The normalized spacial score (nSPS) is 19.8. The number of halogens is 1. The van der Waals surface area contributed by atoms with Crippen molar-refractivity contribution in [2.24, 2.45) is 5.92 Å². The molecule has 3 rings (SSSR count). The number of imide groups is 1. The summed E-state index contributed by atoms with van der Waals surface area (Å²) in [6.07, 6.45) is 5.94. The molecule has 1 aliphatic carbocycles. The lowest BCUT2D eigenvalue weighted by Gasteiger charge is -2.14. The molecule has 0 radical (unpaired) electrons. The van der Waals surface area contributed by atoms with Crippen molar-refractivity contribution in [3.8, 4) is 0 Å². The van der Waals surface area contributed by atoms with Gasteiger partial charge in [0.15, 0.2) is 0 Å². The topological polar surface area (TPSA) is 46.6 Å². The molecule has 1 aromatic rings. The van der Waals surface area contributed by atoms with Crippen LogP contribution in [0.3, 0.4) is 0 Å². The van der Waals surface area contributed by atoms with Gasteiger partial charge in [0.05, 0.1) is 12.3 Å². The largest absolute Gasteiger partial charge is 0.449 e. The molecule has 1 heterocycles. The van der Waals surface area contributed by atoms with Crippen molar-refractivity contribution in [2.75, 3.05) is 11.5 Å². The Kier molecular flexibility index (Phi) is 4.21.